The fourth-order valence-electron chi connectivity index (χ4n) is 4.50. The lowest BCUT2D eigenvalue weighted by molar-refractivity contribution is 0.0856. The summed E-state index contributed by atoms with van der Waals surface area (Å²) >= 11 is 0. The van der Waals surface area contributed by atoms with Gasteiger partial charge >= 0.3 is 7.82 Å². The lowest BCUT2D eigenvalue weighted by Gasteiger charge is -2.31. The molecule has 0 bridgehead atoms. The first-order valence-electron chi connectivity index (χ1n) is 14.3. The van der Waals surface area contributed by atoms with Crippen molar-refractivity contribution in [2.75, 3.05) is 15.5 Å². The minimum Gasteiger partial charge on any atom is -0.222 e. The van der Waals surface area contributed by atoms with Crippen molar-refractivity contribution in [3.8, 4) is 0 Å². The second kappa shape index (κ2) is 14.8. The van der Waals surface area contributed by atoms with Gasteiger partial charge in [0, 0.05) is 0 Å². The van der Waals surface area contributed by atoms with Crippen LogP contribution in [0, 0.1) is 0 Å². The third-order valence-electron chi connectivity index (χ3n) is 7.09. The summed E-state index contributed by atoms with van der Waals surface area (Å²) in [4.78, 5) is 0. The maximum absolute atomic E-state index is 14.4. The topological polar surface area (TPSA) is 133 Å². The first-order valence-corrected chi connectivity index (χ1v) is 15.8. The largest absolute Gasteiger partial charge is 0.543 e. The average Bonchev–Trinajstić information content (AvgIpc) is 2.99. The fourth-order valence-corrected chi connectivity index (χ4v) is 5.50. The summed E-state index contributed by atoms with van der Waals surface area (Å²) in [7, 11) is -4.64. The molecule has 41 heavy (non-hydrogen) atoms. The van der Waals surface area contributed by atoms with E-state index in [2.05, 4.69) is 0 Å². The number of hydrazine groups is 3. The standard InChI is InChI=1S/C30H45N6O4P/c1-7-22-13-16-25(10-4)28(19-22)34(31)38-41(37,39-35(32)29-20-23(8-2)14-17-26(29)11-5)40-36(33)30-21-24(9-3)15-18-27(30)12-6/h13-21H,7-12,31-33H2,1-6H3. The fraction of sp³-hybridized carbons (Fsp3) is 0.400. The number of nitrogens with two attached hydrogens (primary N) is 3. The Morgan fingerprint density at radius 1 is 0.512 bits per heavy atom. The van der Waals surface area contributed by atoms with Gasteiger partial charge in [0.1, 0.15) is 0 Å². The van der Waals surface area contributed by atoms with E-state index >= 15 is 0 Å². The van der Waals surface area contributed by atoms with Gasteiger partial charge in [-0.25, -0.2) is 22.1 Å². The van der Waals surface area contributed by atoms with Crippen LogP contribution in [0.25, 0.3) is 0 Å². The molecular weight excluding hydrogens is 539 g/mol. The molecule has 0 spiro atoms. The van der Waals surface area contributed by atoms with Crippen molar-refractivity contribution in [1.82, 2.24) is 0 Å². The maximum Gasteiger partial charge on any atom is 0.543 e. The molecule has 0 unspecified atom stereocenters. The molecule has 3 aromatic carbocycles. The Balaban J connectivity index is 2.04. The molecule has 11 heteroatoms. The molecule has 3 rings (SSSR count). The number of aryl methyl sites for hydroxylation is 6. The van der Waals surface area contributed by atoms with Crippen LogP contribution in [0.4, 0.5) is 17.1 Å². The summed E-state index contributed by atoms with van der Waals surface area (Å²) < 4.78 is 31.8. The molecule has 0 amide bonds. The van der Waals surface area contributed by atoms with Crippen molar-refractivity contribution in [3.05, 3.63) is 88.0 Å². The summed E-state index contributed by atoms with van der Waals surface area (Å²) in [5, 5.41) is 2.73. The summed E-state index contributed by atoms with van der Waals surface area (Å²) in [6.07, 6.45) is 4.35. The van der Waals surface area contributed by atoms with Crippen molar-refractivity contribution in [2.45, 2.75) is 80.1 Å². The third kappa shape index (κ3) is 8.08. The van der Waals surface area contributed by atoms with Gasteiger partial charge in [0.2, 0.25) is 0 Å². The summed E-state index contributed by atoms with van der Waals surface area (Å²) in [6.45, 7) is 12.1. The van der Waals surface area contributed by atoms with E-state index in [1.807, 2.05) is 96.1 Å². The quantitative estimate of drug-likeness (QED) is 0.105. The molecule has 0 fully saturated rings. The third-order valence-corrected chi connectivity index (χ3v) is 8.22. The Morgan fingerprint density at radius 3 is 1.00 bits per heavy atom. The molecule has 0 atom stereocenters. The zero-order valence-corrected chi connectivity index (χ0v) is 26.0. The van der Waals surface area contributed by atoms with Gasteiger partial charge in [-0.05, 0) is 90.1 Å². The van der Waals surface area contributed by atoms with E-state index in [-0.39, 0.29) is 0 Å². The first-order chi connectivity index (χ1) is 19.6. The van der Waals surface area contributed by atoms with Crippen LogP contribution in [0.1, 0.15) is 74.9 Å². The van der Waals surface area contributed by atoms with E-state index in [9.17, 15) is 4.57 Å². The molecule has 0 radical (unpaired) electrons. The summed E-state index contributed by atoms with van der Waals surface area (Å²) in [6, 6.07) is 17.6. The molecule has 0 saturated carbocycles. The van der Waals surface area contributed by atoms with Crippen LogP contribution in [-0.2, 0) is 57.0 Å². The van der Waals surface area contributed by atoms with E-state index in [0.717, 1.165) is 68.2 Å². The zero-order valence-electron chi connectivity index (χ0n) is 25.1. The highest BCUT2D eigenvalue weighted by molar-refractivity contribution is 7.48. The lowest BCUT2D eigenvalue weighted by atomic mass is 10.1. The number of anilines is 3. The molecule has 0 heterocycles. The number of benzene rings is 3. The molecule has 0 aromatic heterocycles. The molecular formula is C30H45N6O4P. The van der Waals surface area contributed by atoms with Crippen molar-refractivity contribution in [1.29, 1.82) is 0 Å². The van der Waals surface area contributed by atoms with E-state index in [0.29, 0.717) is 36.3 Å². The van der Waals surface area contributed by atoms with Crippen molar-refractivity contribution < 1.29 is 18.4 Å². The molecule has 10 nitrogen and oxygen atoms in total. The summed E-state index contributed by atoms with van der Waals surface area (Å²) in [5.74, 6) is 19.1. The summed E-state index contributed by atoms with van der Waals surface area (Å²) in [5.41, 5.74) is 7.32. The second-order valence-corrected chi connectivity index (χ2v) is 11.1. The minimum absolute atomic E-state index is 0.524. The highest BCUT2D eigenvalue weighted by Crippen LogP contribution is 2.53. The molecule has 0 aliphatic carbocycles. The number of nitrogens with zero attached hydrogens (tertiary/aromatic N) is 3. The van der Waals surface area contributed by atoms with Crippen LogP contribution in [0.3, 0.4) is 0 Å². The Morgan fingerprint density at radius 2 is 0.780 bits per heavy atom. The monoisotopic (exact) mass is 584 g/mol. The number of rotatable bonds is 15. The van der Waals surface area contributed by atoms with Crippen LogP contribution < -0.4 is 33.0 Å². The number of phosphoric acid groups is 1. The van der Waals surface area contributed by atoms with Gasteiger partial charge in [-0.1, -0.05) is 77.9 Å². The Kier molecular flexibility index (Phi) is 11.7. The van der Waals surface area contributed by atoms with Crippen LogP contribution in [0.2, 0.25) is 0 Å². The van der Waals surface area contributed by atoms with Gasteiger partial charge in [0.15, 0.2) is 0 Å². The van der Waals surface area contributed by atoms with E-state index in [1.54, 1.807) is 0 Å². The van der Waals surface area contributed by atoms with Crippen molar-refractivity contribution in [2.24, 2.45) is 17.5 Å². The van der Waals surface area contributed by atoms with E-state index < -0.39 is 7.82 Å². The normalized spacial score (nSPS) is 11.5. The van der Waals surface area contributed by atoms with Gasteiger partial charge in [0.25, 0.3) is 0 Å². The molecule has 0 aliphatic heterocycles. The predicted octanol–water partition coefficient (Wildman–Crippen LogP) is 6.40. The van der Waals surface area contributed by atoms with Crippen molar-refractivity contribution >= 4 is 24.9 Å². The van der Waals surface area contributed by atoms with Crippen LogP contribution in [-0.4, -0.2) is 0 Å². The zero-order chi connectivity index (χ0) is 30.2. The predicted molar refractivity (Wildman–Crippen MR) is 166 cm³/mol. The smallest absolute Gasteiger partial charge is 0.222 e. The second-order valence-electron chi connectivity index (χ2n) is 9.68. The highest BCUT2D eigenvalue weighted by atomic mass is 31.2. The van der Waals surface area contributed by atoms with Crippen LogP contribution in [0.15, 0.2) is 54.6 Å². The maximum atomic E-state index is 14.4. The van der Waals surface area contributed by atoms with Crippen LogP contribution in [0.5, 0.6) is 0 Å². The Bertz CT molecular complexity index is 1190. The van der Waals surface area contributed by atoms with E-state index in [4.69, 9.17) is 31.4 Å². The van der Waals surface area contributed by atoms with Gasteiger partial charge in [-0.2, -0.15) is 15.5 Å². The van der Waals surface area contributed by atoms with Gasteiger partial charge in [0.05, 0.1) is 17.1 Å². The molecule has 0 aliphatic rings. The molecule has 3 aromatic rings. The SMILES string of the molecule is CCc1ccc(CC)c(N(N)OP(=O)(ON(N)c2cc(CC)ccc2CC)ON(N)c2cc(CC)ccc2CC)c1. The number of hydrogen-bond acceptors (Lipinski definition) is 10. The Hall–Kier alpha value is -2.95. The van der Waals surface area contributed by atoms with Crippen molar-refractivity contribution in [3.63, 3.8) is 0 Å². The minimum atomic E-state index is -4.64. The van der Waals surface area contributed by atoms with Gasteiger partial charge in [-0.3, -0.25) is 0 Å². The molecule has 224 valence electrons. The molecule has 0 saturated heterocycles. The average molecular weight is 585 g/mol. The van der Waals surface area contributed by atoms with Gasteiger partial charge in [-0.15, -0.1) is 13.9 Å². The Labute approximate surface area is 244 Å². The lowest BCUT2D eigenvalue weighted by Crippen LogP contribution is -2.39. The van der Waals surface area contributed by atoms with Crippen LogP contribution >= 0.6 is 7.82 Å². The first kappa shape index (κ1) is 32.6. The van der Waals surface area contributed by atoms with Gasteiger partial charge < -0.3 is 0 Å². The molecule has 6 N–H and O–H groups in total. The highest BCUT2D eigenvalue weighted by Gasteiger charge is 2.38. The van der Waals surface area contributed by atoms with E-state index in [1.165, 1.54) is 0 Å². The number of hydrogen-bond donors (Lipinski definition) is 3.